The zero-order valence-corrected chi connectivity index (χ0v) is 9.65. The van der Waals surface area contributed by atoms with E-state index in [9.17, 15) is 17.6 Å². The van der Waals surface area contributed by atoms with Gasteiger partial charge in [-0.05, 0) is 37.5 Å². The molecule has 0 heterocycles. The SMILES string of the molecule is NC1(CNc2ccc(C(F)(F)F)cc2F)CCC1. The number of benzene rings is 1. The Balaban J connectivity index is 2.06. The minimum Gasteiger partial charge on any atom is -0.381 e. The average Bonchev–Trinajstić information content (AvgIpc) is 2.23. The van der Waals surface area contributed by atoms with Crippen LogP contribution in [0.3, 0.4) is 0 Å². The molecule has 3 N–H and O–H groups in total. The van der Waals surface area contributed by atoms with Gasteiger partial charge in [-0.25, -0.2) is 4.39 Å². The van der Waals surface area contributed by atoms with E-state index in [1.165, 1.54) is 0 Å². The van der Waals surface area contributed by atoms with Gasteiger partial charge < -0.3 is 11.1 Å². The summed E-state index contributed by atoms with van der Waals surface area (Å²) >= 11 is 0. The molecule has 2 nitrogen and oxygen atoms in total. The van der Waals surface area contributed by atoms with Crippen LogP contribution in [0.5, 0.6) is 0 Å². The summed E-state index contributed by atoms with van der Waals surface area (Å²) in [6, 6.07) is 2.45. The predicted molar refractivity (Wildman–Crippen MR) is 60.7 cm³/mol. The Morgan fingerprint density at radius 3 is 2.39 bits per heavy atom. The number of nitrogens with two attached hydrogens (primary N) is 1. The fourth-order valence-corrected chi connectivity index (χ4v) is 1.91. The van der Waals surface area contributed by atoms with E-state index < -0.39 is 17.6 Å². The first kappa shape index (κ1) is 13.1. The van der Waals surface area contributed by atoms with Crippen LogP contribution < -0.4 is 11.1 Å². The van der Waals surface area contributed by atoms with E-state index in [1.807, 2.05) is 0 Å². The van der Waals surface area contributed by atoms with Crippen LogP contribution in [0.25, 0.3) is 0 Å². The summed E-state index contributed by atoms with van der Waals surface area (Å²) in [6.45, 7) is 0.370. The summed E-state index contributed by atoms with van der Waals surface area (Å²) in [5.74, 6) is -0.909. The van der Waals surface area contributed by atoms with Gasteiger partial charge in [0.05, 0.1) is 11.3 Å². The van der Waals surface area contributed by atoms with Gasteiger partial charge in [0.25, 0.3) is 0 Å². The molecule has 6 heteroatoms. The van der Waals surface area contributed by atoms with Crippen molar-refractivity contribution in [3.8, 4) is 0 Å². The van der Waals surface area contributed by atoms with Crippen molar-refractivity contribution < 1.29 is 17.6 Å². The first-order valence-electron chi connectivity index (χ1n) is 5.70. The second kappa shape index (κ2) is 4.42. The van der Waals surface area contributed by atoms with Crippen LogP contribution in [-0.4, -0.2) is 12.1 Å². The molecular formula is C12H14F4N2. The molecule has 1 fully saturated rings. The molecule has 0 aliphatic heterocycles. The third kappa shape index (κ3) is 2.75. The quantitative estimate of drug-likeness (QED) is 0.821. The molecule has 1 aromatic carbocycles. The van der Waals surface area contributed by atoms with E-state index in [4.69, 9.17) is 5.73 Å². The number of halogens is 4. The van der Waals surface area contributed by atoms with Crippen LogP contribution in [0.1, 0.15) is 24.8 Å². The molecule has 0 atom stereocenters. The Morgan fingerprint density at radius 1 is 1.28 bits per heavy atom. The normalized spacial score (nSPS) is 18.3. The summed E-state index contributed by atoms with van der Waals surface area (Å²) in [5, 5.41) is 2.77. The topological polar surface area (TPSA) is 38.0 Å². The molecule has 18 heavy (non-hydrogen) atoms. The van der Waals surface area contributed by atoms with Gasteiger partial charge in [0, 0.05) is 12.1 Å². The van der Waals surface area contributed by atoms with Crippen molar-refractivity contribution in [2.75, 3.05) is 11.9 Å². The Kier molecular flexibility index (Phi) is 3.23. The van der Waals surface area contributed by atoms with E-state index in [-0.39, 0.29) is 11.2 Å². The fourth-order valence-electron chi connectivity index (χ4n) is 1.91. The maximum atomic E-state index is 13.5. The Bertz CT molecular complexity index is 438. The van der Waals surface area contributed by atoms with Crippen LogP contribution in [-0.2, 0) is 6.18 Å². The zero-order chi connectivity index (χ0) is 13.4. The third-order valence-corrected chi connectivity index (χ3v) is 3.28. The molecule has 1 saturated carbocycles. The predicted octanol–water partition coefficient (Wildman–Crippen LogP) is 3.14. The largest absolute Gasteiger partial charge is 0.416 e. The second-order valence-electron chi connectivity index (χ2n) is 4.76. The van der Waals surface area contributed by atoms with Gasteiger partial charge in [0.15, 0.2) is 0 Å². The lowest BCUT2D eigenvalue weighted by Crippen LogP contribution is -2.52. The number of alkyl halides is 3. The van der Waals surface area contributed by atoms with Crippen molar-refractivity contribution in [1.82, 2.24) is 0 Å². The molecule has 0 bridgehead atoms. The maximum absolute atomic E-state index is 13.5. The molecule has 0 aromatic heterocycles. The third-order valence-electron chi connectivity index (χ3n) is 3.28. The van der Waals surface area contributed by atoms with Gasteiger partial charge in [-0.3, -0.25) is 0 Å². The van der Waals surface area contributed by atoms with E-state index >= 15 is 0 Å². The van der Waals surface area contributed by atoms with E-state index in [0.29, 0.717) is 12.6 Å². The number of nitrogens with one attached hydrogen (secondary N) is 1. The highest BCUT2D eigenvalue weighted by molar-refractivity contribution is 5.47. The lowest BCUT2D eigenvalue weighted by molar-refractivity contribution is -0.137. The van der Waals surface area contributed by atoms with Crippen molar-refractivity contribution >= 4 is 5.69 Å². The molecule has 0 spiro atoms. The molecule has 1 aliphatic carbocycles. The summed E-state index contributed by atoms with van der Waals surface area (Å²) in [6.07, 6.45) is -1.79. The highest BCUT2D eigenvalue weighted by Crippen LogP contribution is 2.32. The van der Waals surface area contributed by atoms with Crippen molar-refractivity contribution in [3.05, 3.63) is 29.6 Å². The highest BCUT2D eigenvalue weighted by atomic mass is 19.4. The minimum atomic E-state index is -4.53. The van der Waals surface area contributed by atoms with E-state index in [1.54, 1.807) is 0 Å². The summed E-state index contributed by atoms with van der Waals surface area (Å²) < 4.78 is 50.5. The molecule has 2 rings (SSSR count). The zero-order valence-electron chi connectivity index (χ0n) is 9.65. The van der Waals surface area contributed by atoms with Crippen molar-refractivity contribution in [1.29, 1.82) is 0 Å². The lowest BCUT2D eigenvalue weighted by Gasteiger charge is -2.38. The van der Waals surface area contributed by atoms with Gasteiger partial charge in [-0.2, -0.15) is 13.2 Å². The Hall–Kier alpha value is -1.30. The second-order valence-corrected chi connectivity index (χ2v) is 4.76. The molecule has 1 aromatic rings. The van der Waals surface area contributed by atoms with Crippen LogP contribution in [0.15, 0.2) is 18.2 Å². The van der Waals surface area contributed by atoms with Crippen LogP contribution >= 0.6 is 0 Å². The smallest absolute Gasteiger partial charge is 0.381 e. The summed E-state index contributed by atoms with van der Waals surface area (Å²) in [7, 11) is 0. The number of hydrogen-bond acceptors (Lipinski definition) is 2. The molecule has 0 radical (unpaired) electrons. The first-order chi connectivity index (χ1) is 8.30. The molecule has 100 valence electrons. The van der Waals surface area contributed by atoms with Crippen molar-refractivity contribution in [3.63, 3.8) is 0 Å². The summed E-state index contributed by atoms with van der Waals surface area (Å²) in [4.78, 5) is 0. The van der Waals surface area contributed by atoms with Crippen LogP contribution in [0, 0.1) is 5.82 Å². The maximum Gasteiger partial charge on any atom is 0.416 e. The number of hydrogen-bond donors (Lipinski definition) is 2. The van der Waals surface area contributed by atoms with Crippen molar-refractivity contribution in [2.24, 2.45) is 5.73 Å². The van der Waals surface area contributed by atoms with Gasteiger partial charge in [-0.1, -0.05) is 0 Å². The minimum absolute atomic E-state index is 0.0553. The van der Waals surface area contributed by atoms with Gasteiger partial charge in [-0.15, -0.1) is 0 Å². The lowest BCUT2D eigenvalue weighted by atomic mass is 9.78. The van der Waals surface area contributed by atoms with E-state index in [0.717, 1.165) is 31.4 Å². The Morgan fingerprint density at radius 2 is 1.94 bits per heavy atom. The first-order valence-corrected chi connectivity index (χ1v) is 5.70. The van der Waals surface area contributed by atoms with Crippen molar-refractivity contribution in [2.45, 2.75) is 31.0 Å². The van der Waals surface area contributed by atoms with Gasteiger partial charge in [0.1, 0.15) is 5.82 Å². The molecule has 1 aliphatic rings. The summed E-state index contributed by atoms with van der Waals surface area (Å²) in [5.41, 5.74) is 4.65. The molecule has 0 unspecified atom stereocenters. The average molecular weight is 262 g/mol. The van der Waals surface area contributed by atoms with E-state index in [2.05, 4.69) is 5.32 Å². The number of rotatable bonds is 3. The fraction of sp³-hybridized carbons (Fsp3) is 0.500. The van der Waals surface area contributed by atoms with Gasteiger partial charge in [0.2, 0.25) is 0 Å². The Labute approximate surface area is 102 Å². The van der Waals surface area contributed by atoms with Crippen LogP contribution in [0.4, 0.5) is 23.2 Å². The molecule has 0 saturated heterocycles. The monoisotopic (exact) mass is 262 g/mol. The molecule has 0 amide bonds. The number of anilines is 1. The highest BCUT2D eigenvalue weighted by Gasteiger charge is 2.33. The molecular weight excluding hydrogens is 248 g/mol. The van der Waals surface area contributed by atoms with Gasteiger partial charge >= 0.3 is 6.18 Å². The standard InChI is InChI=1S/C12H14F4N2/c13-9-6-8(12(14,15)16)2-3-10(9)18-7-11(17)4-1-5-11/h2-3,6,18H,1,4-5,7,17H2. The van der Waals surface area contributed by atoms with Crippen LogP contribution in [0.2, 0.25) is 0 Å².